The molecule has 2 aromatic rings. The monoisotopic (exact) mass is 346 g/mol. The summed E-state index contributed by atoms with van der Waals surface area (Å²) in [5.41, 5.74) is 1.05. The van der Waals surface area contributed by atoms with Gasteiger partial charge in [0.15, 0.2) is 0 Å². The molecule has 0 bridgehead atoms. The molecule has 0 heterocycles. The largest absolute Gasteiger partial charge is 0.384 e. The van der Waals surface area contributed by atoms with Crippen molar-refractivity contribution in [3.05, 3.63) is 68.2 Å². The fourth-order valence-corrected chi connectivity index (χ4v) is 2.50. The highest BCUT2D eigenvalue weighted by molar-refractivity contribution is 9.10. The van der Waals surface area contributed by atoms with E-state index in [4.69, 9.17) is 11.6 Å². The van der Waals surface area contributed by atoms with Crippen LogP contribution in [-0.2, 0) is 0 Å². The lowest BCUT2D eigenvalue weighted by Gasteiger charge is -2.16. The number of aliphatic hydroxyl groups excluding tert-OH is 1. The van der Waals surface area contributed by atoms with Crippen molar-refractivity contribution in [1.82, 2.24) is 0 Å². The summed E-state index contributed by atoms with van der Waals surface area (Å²) in [7, 11) is 0. The predicted molar refractivity (Wildman–Crippen MR) is 74.3 cm³/mol. The molecule has 0 radical (unpaired) electrons. The number of rotatable bonds is 2. The Hall–Kier alpha value is -0.970. The highest BCUT2D eigenvalue weighted by Gasteiger charge is 2.18. The summed E-state index contributed by atoms with van der Waals surface area (Å²) in [5.74, 6) is -0.911. The van der Waals surface area contributed by atoms with Gasteiger partial charge in [0.25, 0.3) is 0 Å². The zero-order chi connectivity index (χ0) is 14.2. The molecule has 1 N–H and O–H groups in total. The Balaban J connectivity index is 2.52. The quantitative estimate of drug-likeness (QED) is 0.829. The van der Waals surface area contributed by atoms with Gasteiger partial charge in [-0.25, -0.2) is 8.78 Å². The van der Waals surface area contributed by atoms with Gasteiger partial charge in [-0.05, 0) is 42.8 Å². The third-order valence-electron chi connectivity index (χ3n) is 2.83. The van der Waals surface area contributed by atoms with Crippen LogP contribution in [0.2, 0.25) is 5.02 Å². The SMILES string of the molecule is Cc1cc(C(O)c2cc(F)ccc2Br)c(Cl)cc1F. The van der Waals surface area contributed by atoms with Crippen LogP contribution in [0.25, 0.3) is 0 Å². The van der Waals surface area contributed by atoms with Crippen molar-refractivity contribution >= 4 is 27.5 Å². The Morgan fingerprint density at radius 3 is 2.53 bits per heavy atom. The van der Waals surface area contributed by atoms with Crippen molar-refractivity contribution in [3.63, 3.8) is 0 Å². The second-order valence-corrected chi connectivity index (χ2v) is 5.45. The zero-order valence-electron chi connectivity index (χ0n) is 9.92. The molecule has 0 aliphatic rings. The molecule has 5 heteroatoms. The topological polar surface area (TPSA) is 20.2 Å². The highest BCUT2D eigenvalue weighted by Crippen LogP contribution is 2.34. The number of hydrogen-bond donors (Lipinski definition) is 1. The van der Waals surface area contributed by atoms with Crippen molar-refractivity contribution in [1.29, 1.82) is 0 Å². The molecule has 0 fully saturated rings. The maximum atomic E-state index is 13.3. The van der Waals surface area contributed by atoms with E-state index in [-0.39, 0.29) is 5.02 Å². The van der Waals surface area contributed by atoms with E-state index in [9.17, 15) is 13.9 Å². The molecule has 0 aliphatic carbocycles. The van der Waals surface area contributed by atoms with Crippen molar-refractivity contribution in [2.45, 2.75) is 13.0 Å². The second kappa shape index (κ2) is 5.57. The van der Waals surface area contributed by atoms with Gasteiger partial charge in [0.2, 0.25) is 0 Å². The number of halogens is 4. The fourth-order valence-electron chi connectivity index (χ4n) is 1.78. The Morgan fingerprint density at radius 2 is 1.84 bits per heavy atom. The average Bonchev–Trinajstić information content (AvgIpc) is 2.36. The van der Waals surface area contributed by atoms with Gasteiger partial charge < -0.3 is 5.11 Å². The van der Waals surface area contributed by atoms with Crippen LogP contribution in [0.15, 0.2) is 34.8 Å². The fraction of sp³-hybridized carbons (Fsp3) is 0.143. The maximum Gasteiger partial charge on any atom is 0.127 e. The number of aryl methyl sites for hydroxylation is 1. The molecule has 0 saturated heterocycles. The highest BCUT2D eigenvalue weighted by atomic mass is 79.9. The molecule has 100 valence electrons. The van der Waals surface area contributed by atoms with E-state index in [1.54, 1.807) is 6.92 Å². The van der Waals surface area contributed by atoms with Crippen LogP contribution in [0.1, 0.15) is 22.8 Å². The van der Waals surface area contributed by atoms with Gasteiger partial charge in [0.1, 0.15) is 17.7 Å². The van der Waals surface area contributed by atoms with Crippen LogP contribution in [0.4, 0.5) is 8.78 Å². The molecule has 19 heavy (non-hydrogen) atoms. The molecule has 0 saturated carbocycles. The lowest BCUT2D eigenvalue weighted by atomic mass is 9.99. The molecule has 1 nitrogen and oxygen atoms in total. The molecular weight excluding hydrogens is 338 g/mol. The van der Waals surface area contributed by atoms with Gasteiger partial charge in [0, 0.05) is 20.6 Å². The minimum atomic E-state index is -1.13. The molecule has 0 spiro atoms. The van der Waals surface area contributed by atoms with Crippen LogP contribution in [-0.4, -0.2) is 5.11 Å². The minimum Gasteiger partial charge on any atom is -0.384 e. The minimum absolute atomic E-state index is 0.103. The number of aliphatic hydroxyl groups is 1. The Kier molecular flexibility index (Phi) is 4.23. The molecule has 0 amide bonds. The first-order chi connectivity index (χ1) is 8.90. The van der Waals surface area contributed by atoms with Crippen LogP contribution in [0.5, 0.6) is 0 Å². The van der Waals surface area contributed by atoms with Gasteiger partial charge in [-0.3, -0.25) is 0 Å². The molecule has 1 unspecified atom stereocenters. The summed E-state index contributed by atoms with van der Waals surface area (Å²) in [5, 5.41) is 10.4. The van der Waals surface area contributed by atoms with E-state index in [2.05, 4.69) is 15.9 Å². The second-order valence-electron chi connectivity index (χ2n) is 4.19. The normalized spacial score (nSPS) is 12.5. The molecule has 0 aromatic heterocycles. The van der Waals surface area contributed by atoms with Crippen molar-refractivity contribution in [2.75, 3.05) is 0 Å². The van der Waals surface area contributed by atoms with Crippen LogP contribution in [0, 0.1) is 18.6 Å². The summed E-state index contributed by atoms with van der Waals surface area (Å²) in [6, 6.07) is 6.59. The first kappa shape index (κ1) is 14.4. The van der Waals surface area contributed by atoms with Gasteiger partial charge in [-0.2, -0.15) is 0 Å². The lowest BCUT2D eigenvalue weighted by Crippen LogP contribution is -2.03. The third kappa shape index (κ3) is 2.96. The maximum absolute atomic E-state index is 13.3. The first-order valence-corrected chi connectivity index (χ1v) is 6.66. The Bertz CT molecular complexity index is 631. The van der Waals surface area contributed by atoms with Crippen LogP contribution >= 0.6 is 27.5 Å². The summed E-state index contributed by atoms with van der Waals surface area (Å²) < 4.78 is 27.1. The standard InChI is InChI=1S/C14H10BrClF2O/c1-7-4-10(12(16)6-13(7)18)14(19)9-5-8(17)2-3-11(9)15/h2-6,14,19H,1H3. The summed E-state index contributed by atoms with van der Waals surface area (Å²) in [4.78, 5) is 0. The van der Waals surface area contributed by atoms with Gasteiger partial charge in [0.05, 0.1) is 0 Å². The molecule has 1 atom stereocenters. The van der Waals surface area contributed by atoms with Gasteiger partial charge in [-0.15, -0.1) is 0 Å². The molecular formula is C14H10BrClF2O. The first-order valence-electron chi connectivity index (χ1n) is 5.48. The smallest absolute Gasteiger partial charge is 0.127 e. The zero-order valence-corrected chi connectivity index (χ0v) is 12.3. The van der Waals surface area contributed by atoms with Gasteiger partial charge in [-0.1, -0.05) is 27.5 Å². The Labute approximate surface area is 123 Å². The van der Waals surface area contributed by atoms with E-state index in [1.807, 2.05) is 0 Å². The van der Waals surface area contributed by atoms with Gasteiger partial charge >= 0.3 is 0 Å². The van der Waals surface area contributed by atoms with E-state index in [0.717, 1.165) is 6.07 Å². The average molecular weight is 348 g/mol. The summed E-state index contributed by atoms with van der Waals surface area (Å²) in [6.07, 6.45) is -1.13. The number of hydrogen-bond acceptors (Lipinski definition) is 1. The van der Waals surface area contributed by atoms with Crippen molar-refractivity contribution in [3.8, 4) is 0 Å². The van der Waals surface area contributed by atoms with E-state index >= 15 is 0 Å². The van der Waals surface area contributed by atoms with Crippen molar-refractivity contribution < 1.29 is 13.9 Å². The van der Waals surface area contributed by atoms with Crippen LogP contribution < -0.4 is 0 Å². The van der Waals surface area contributed by atoms with E-state index < -0.39 is 17.7 Å². The van der Waals surface area contributed by atoms with E-state index in [0.29, 0.717) is 21.2 Å². The third-order valence-corrected chi connectivity index (χ3v) is 3.87. The molecule has 0 aliphatic heterocycles. The number of benzene rings is 2. The summed E-state index contributed by atoms with van der Waals surface area (Å²) >= 11 is 9.17. The van der Waals surface area contributed by atoms with Crippen molar-refractivity contribution in [2.24, 2.45) is 0 Å². The molecule has 2 rings (SSSR count). The Morgan fingerprint density at radius 1 is 1.16 bits per heavy atom. The lowest BCUT2D eigenvalue weighted by molar-refractivity contribution is 0.219. The predicted octanol–water partition coefficient (Wildman–Crippen LogP) is 4.77. The van der Waals surface area contributed by atoms with Crippen LogP contribution in [0.3, 0.4) is 0 Å². The van der Waals surface area contributed by atoms with E-state index in [1.165, 1.54) is 24.3 Å². The molecule has 2 aromatic carbocycles. The summed E-state index contributed by atoms with van der Waals surface area (Å²) in [6.45, 7) is 1.57.